The Morgan fingerprint density at radius 1 is 0.452 bits per heavy atom. The molecular formula is C73H131NO10. The Balaban J connectivity index is 1.95. The Labute approximate surface area is 515 Å². The number of hydrogen-bond donors (Lipinski definition) is 6. The number of amides is 1. The first-order chi connectivity index (χ1) is 41.2. The topological polar surface area (TPSA) is 175 Å². The smallest absolute Gasteiger partial charge is 0.305 e. The number of carbonyl (C=O) groups is 2. The summed E-state index contributed by atoms with van der Waals surface area (Å²) in [6.07, 6.45) is 73.4. The van der Waals surface area contributed by atoms with Gasteiger partial charge in [0.05, 0.1) is 32.0 Å². The quantitative estimate of drug-likeness (QED) is 0.0195. The fraction of sp³-hybridized carbons (Fsp3) is 0.808. The lowest BCUT2D eigenvalue weighted by molar-refractivity contribution is -0.302. The van der Waals surface area contributed by atoms with Crippen molar-refractivity contribution in [2.75, 3.05) is 19.8 Å². The van der Waals surface area contributed by atoms with Gasteiger partial charge in [0.25, 0.3) is 0 Å². The van der Waals surface area contributed by atoms with Gasteiger partial charge >= 0.3 is 5.97 Å². The number of rotatable bonds is 61. The van der Waals surface area contributed by atoms with Gasteiger partial charge in [-0.05, 0) is 109 Å². The van der Waals surface area contributed by atoms with Crippen molar-refractivity contribution in [1.29, 1.82) is 0 Å². The highest BCUT2D eigenvalue weighted by atomic mass is 16.7. The van der Waals surface area contributed by atoms with Gasteiger partial charge in [-0.3, -0.25) is 9.59 Å². The summed E-state index contributed by atoms with van der Waals surface area (Å²) in [5.74, 6) is -0.203. The first-order valence-corrected chi connectivity index (χ1v) is 35.2. The molecule has 1 heterocycles. The molecule has 488 valence electrons. The van der Waals surface area contributed by atoms with Crippen LogP contribution in [-0.4, -0.2) is 100 Å². The predicted molar refractivity (Wildman–Crippen MR) is 352 cm³/mol. The minimum Gasteiger partial charge on any atom is -0.466 e. The number of hydrogen-bond acceptors (Lipinski definition) is 10. The lowest BCUT2D eigenvalue weighted by Gasteiger charge is -2.40. The molecule has 7 atom stereocenters. The average Bonchev–Trinajstić information content (AvgIpc) is 3.54. The summed E-state index contributed by atoms with van der Waals surface area (Å²) in [5, 5.41) is 54.3. The van der Waals surface area contributed by atoms with Gasteiger partial charge in [-0.1, -0.05) is 267 Å². The van der Waals surface area contributed by atoms with Gasteiger partial charge in [-0.15, -0.1) is 0 Å². The first-order valence-electron chi connectivity index (χ1n) is 35.2. The Kier molecular flexibility index (Phi) is 58.1. The summed E-state index contributed by atoms with van der Waals surface area (Å²) in [6, 6.07) is -0.838. The average molecular weight is 1180 g/mol. The molecule has 1 fully saturated rings. The molecule has 11 heteroatoms. The lowest BCUT2D eigenvalue weighted by Crippen LogP contribution is -2.60. The number of aliphatic hydroxyl groups is 5. The highest BCUT2D eigenvalue weighted by molar-refractivity contribution is 5.76. The van der Waals surface area contributed by atoms with Crippen molar-refractivity contribution in [2.24, 2.45) is 0 Å². The van der Waals surface area contributed by atoms with Crippen LogP contribution in [0.2, 0.25) is 0 Å². The summed E-state index contributed by atoms with van der Waals surface area (Å²) >= 11 is 0. The van der Waals surface area contributed by atoms with Crippen LogP contribution in [0, 0.1) is 0 Å². The van der Waals surface area contributed by atoms with Crippen LogP contribution in [0.1, 0.15) is 316 Å². The maximum Gasteiger partial charge on any atom is 0.305 e. The molecule has 1 saturated heterocycles. The maximum atomic E-state index is 13.0. The number of carbonyl (C=O) groups excluding carboxylic acids is 2. The summed E-state index contributed by atoms with van der Waals surface area (Å²) in [5.41, 5.74) is 0. The summed E-state index contributed by atoms with van der Waals surface area (Å²) in [6.45, 7) is 4.20. The molecule has 1 rings (SSSR count). The van der Waals surface area contributed by atoms with E-state index >= 15 is 0 Å². The van der Waals surface area contributed by atoms with Crippen molar-refractivity contribution in [3.8, 4) is 0 Å². The van der Waals surface area contributed by atoms with E-state index in [2.05, 4.69) is 79.9 Å². The van der Waals surface area contributed by atoms with Gasteiger partial charge in [0, 0.05) is 12.8 Å². The lowest BCUT2D eigenvalue weighted by atomic mass is 9.99. The van der Waals surface area contributed by atoms with E-state index in [1.54, 1.807) is 6.08 Å². The molecule has 7 unspecified atom stereocenters. The number of aliphatic hydroxyl groups excluding tert-OH is 5. The van der Waals surface area contributed by atoms with Crippen LogP contribution in [0.3, 0.4) is 0 Å². The van der Waals surface area contributed by atoms with E-state index in [4.69, 9.17) is 14.2 Å². The molecule has 1 aliphatic heterocycles. The second-order valence-corrected chi connectivity index (χ2v) is 24.2. The molecule has 0 aromatic heterocycles. The van der Waals surface area contributed by atoms with Gasteiger partial charge in [-0.2, -0.15) is 0 Å². The normalized spacial score (nSPS) is 18.5. The number of esters is 1. The third kappa shape index (κ3) is 50.1. The Morgan fingerprint density at radius 3 is 1.31 bits per heavy atom. The molecule has 0 aromatic carbocycles. The molecule has 0 aromatic rings. The van der Waals surface area contributed by atoms with Crippen molar-refractivity contribution < 1.29 is 49.3 Å². The summed E-state index contributed by atoms with van der Waals surface area (Å²) < 4.78 is 16.7. The van der Waals surface area contributed by atoms with E-state index < -0.39 is 49.5 Å². The van der Waals surface area contributed by atoms with Crippen LogP contribution in [0.15, 0.2) is 72.9 Å². The second kappa shape index (κ2) is 61.7. The van der Waals surface area contributed by atoms with Crippen LogP contribution < -0.4 is 5.32 Å². The molecule has 0 saturated carbocycles. The zero-order valence-corrected chi connectivity index (χ0v) is 54.1. The van der Waals surface area contributed by atoms with Gasteiger partial charge in [0.1, 0.15) is 24.4 Å². The van der Waals surface area contributed by atoms with Crippen molar-refractivity contribution in [3.05, 3.63) is 72.9 Å². The van der Waals surface area contributed by atoms with E-state index in [9.17, 15) is 35.1 Å². The Bertz CT molecular complexity index is 1630. The molecule has 1 amide bonds. The fourth-order valence-corrected chi connectivity index (χ4v) is 10.7. The minimum absolute atomic E-state index is 0.000363. The van der Waals surface area contributed by atoms with Crippen molar-refractivity contribution in [2.45, 2.75) is 358 Å². The molecular weight excluding hydrogens is 1050 g/mol. The standard InChI is InChI=1S/C73H131NO10/c1-3-5-7-9-11-13-15-16-17-18-28-32-35-38-41-45-49-53-57-61-69(78)82-62-58-54-50-46-42-39-36-33-30-27-25-23-21-19-20-22-24-26-29-31-34-37-40-44-48-52-56-60-68(77)74-65(64-83-73-72(81)71(80)70(79)67(63-75)84-73)66(76)59-55-51-47-43-14-12-10-8-6-4-2/h6,8,14,16-17,19-20,23,25,43,55,59,65-67,70-73,75-76,79-81H,3-5,7,9-13,15,18,21-22,24,26-42,44-54,56-58,60-64H2,1-2H3,(H,74,77)/b8-6+,17-16-,20-19-,25-23-,43-14+,59-55+. The predicted octanol–water partition coefficient (Wildman–Crippen LogP) is 17.9. The molecule has 0 bridgehead atoms. The SMILES string of the molecule is CC/C=C/CC/C=C/CC/C=C/C(O)C(COC1OC(CO)C(O)C(O)C1O)NC(=O)CCCCCCCCCCCCC/C=C\C/C=C\CCCCCCCCCCCOC(=O)CCCCCCCCCCC/C=C\CCCCCCCC. The van der Waals surface area contributed by atoms with E-state index in [1.165, 1.54) is 205 Å². The molecule has 84 heavy (non-hydrogen) atoms. The number of ether oxygens (including phenoxy) is 3. The Morgan fingerprint density at radius 2 is 0.845 bits per heavy atom. The highest BCUT2D eigenvalue weighted by Crippen LogP contribution is 2.23. The number of allylic oxidation sites excluding steroid dienone is 11. The van der Waals surface area contributed by atoms with E-state index in [-0.39, 0.29) is 18.5 Å². The van der Waals surface area contributed by atoms with Crippen LogP contribution >= 0.6 is 0 Å². The zero-order chi connectivity index (χ0) is 60.9. The van der Waals surface area contributed by atoms with Crippen molar-refractivity contribution in [3.63, 3.8) is 0 Å². The van der Waals surface area contributed by atoms with Crippen molar-refractivity contribution >= 4 is 11.9 Å². The number of nitrogens with one attached hydrogen (secondary N) is 1. The molecule has 11 nitrogen and oxygen atoms in total. The van der Waals surface area contributed by atoms with E-state index in [0.717, 1.165) is 83.5 Å². The van der Waals surface area contributed by atoms with Crippen LogP contribution in [0.25, 0.3) is 0 Å². The largest absolute Gasteiger partial charge is 0.466 e. The van der Waals surface area contributed by atoms with Crippen LogP contribution in [0.4, 0.5) is 0 Å². The van der Waals surface area contributed by atoms with Gasteiger partial charge in [-0.25, -0.2) is 0 Å². The third-order valence-electron chi connectivity index (χ3n) is 16.3. The highest BCUT2D eigenvalue weighted by Gasteiger charge is 2.44. The summed E-state index contributed by atoms with van der Waals surface area (Å²) in [4.78, 5) is 25.1. The number of unbranched alkanes of at least 4 members (excludes halogenated alkanes) is 37. The van der Waals surface area contributed by atoms with E-state index in [1.807, 2.05) is 6.08 Å². The van der Waals surface area contributed by atoms with Gasteiger partial charge in [0.15, 0.2) is 6.29 Å². The molecule has 0 spiro atoms. The molecule has 0 radical (unpaired) electrons. The minimum atomic E-state index is -1.58. The molecule has 1 aliphatic rings. The van der Waals surface area contributed by atoms with Gasteiger partial charge < -0.3 is 45.1 Å². The van der Waals surface area contributed by atoms with Crippen molar-refractivity contribution in [1.82, 2.24) is 5.32 Å². The Hall–Kier alpha value is -2.90. The molecule has 6 N–H and O–H groups in total. The zero-order valence-electron chi connectivity index (χ0n) is 54.1. The second-order valence-electron chi connectivity index (χ2n) is 24.2. The van der Waals surface area contributed by atoms with E-state index in [0.29, 0.717) is 19.4 Å². The molecule has 0 aliphatic carbocycles. The van der Waals surface area contributed by atoms with Gasteiger partial charge in [0.2, 0.25) is 5.91 Å². The first kappa shape index (κ1) is 79.1. The monoisotopic (exact) mass is 1180 g/mol. The van der Waals surface area contributed by atoms with Crippen LogP contribution in [-0.2, 0) is 23.8 Å². The fourth-order valence-electron chi connectivity index (χ4n) is 10.7. The summed E-state index contributed by atoms with van der Waals surface area (Å²) in [7, 11) is 0. The third-order valence-corrected chi connectivity index (χ3v) is 16.3. The maximum absolute atomic E-state index is 13.0. The van der Waals surface area contributed by atoms with Crippen LogP contribution in [0.5, 0.6) is 0 Å².